The van der Waals surface area contributed by atoms with Crippen molar-refractivity contribution in [3.8, 4) is 0 Å². The maximum Gasteiger partial charge on any atom is 0.254 e. The average molecular weight is 358 g/mol. The molecule has 1 saturated heterocycles. The molecule has 0 aromatic heterocycles. The highest BCUT2D eigenvalue weighted by Gasteiger charge is 2.26. The van der Waals surface area contributed by atoms with E-state index in [1.54, 1.807) is 4.90 Å². The molecule has 1 heterocycles. The van der Waals surface area contributed by atoms with Crippen LogP contribution in [0.3, 0.4) is 0 Å². The highest BCUT2D eigenvalue weighted by atomic mass is 19.1. The van der Waals surface area contributed by atoms with E-state index in [1.807, 2.05) is 31.2 Å². The molecule has 0 spiro atoms. The summed E-state index contributed by atoms with van der Waals surface area (Å²) in [6.45, 7) is 2.94. The number of hydrogen-bond acceptors (Lipinski definition) is 2. The van der Waals surface area contributed by atoms with Crippen molar-refractivity contribution in [3.63, 3.8) is 0 Å². The third kappa shape index (κ3) is 3.90. The van der Waals surface area contributed by atoms with Crippen molar-refractivity contribution in [2.24, 2.45) is 0 Å². The summed E-state index contributed by atoms with van der Waals surface area (Å²) >= 11 is 0. The Labute approximate surface area is 150 Å². The van der Waals surface area contributed by atoms with Gasteiger partial charge < -0.3 is 10.2 Å². The number of hydrogen-bond donors (Lipinski definition) is 1. The Morgan fingerprint density at radius 3 is 2.38 bits per heavy atom. The SMILES string of the molecule is Cc1ccccc1C(=O)N1CCC(NC(=O)c2ccc(F)cc2F)CC1. The van der Waals surface area contributed by atoms with Crippen LogP contribution in [-0.2, 0) is 0 Å². The van der Waals surface area contributed by atoms with Gasteiger partial charge in [-0.05, 0) is 43.5 Å². The lowest BCUT2D eigenvalue weighted by Gasteiger charge is -2.32. The van der Waals surface area contributed by atoms with Crippen LogP contribution in [0.5, 0.6) is 0 Å². The summed E-state index contributed by atoms with van der Waals surface area (Å²) in [6, 6.07) is 10.2. The second-order valence-corrected chi connectivity index (χ2v) is 6.48. The van der Waals surface area contributed by atoms with Crippen LogP contribution in [0.25, 0.3) is 0 Å². The molecule has 1 N–H and O–H groups in total. The number of likely N-dealkylation sites (tertiary alicyclic amines) is 1. The second kappa shape index (κ2) is 7.64. The van der Waals surface area contributed by atoms with Crippen molar-refractivity contribution in [1.82, 2.24) is 10.2 Å². The Bertz CT molecular complexity index is 830. The number of benzene rings is 2. The van der Waals surface area contributed by atoms with Gasteiger partial charge in [-0.15, -0.1) is 0 Å². The zero-order valence-electron chi connectivity index (χ0n) is 14.5. The zero-order valence-corrected chi connectivity index (χ0v) is 14.5. The minimum absolute atomic E-state index is 0.0162. The quantitative estimate of drug-likeness (QED) is 0.915. The van der Waals surface area contributed by atoms with Crippen molar-refractivity contribution < 1.29 is 18.4 Å². The van der Waals surface area contributed by atoms with E-state index in [-0.39, 0.29) is 17.5 Å². The predicted octanol–water partition coefficient (Wildman–Crippen LogP) is 3.31. The molecule has 2 aromatic carbocycles. The molecule has 6 heteroatoms. The summed E-state index contributed by atoms with van der Waals surface area (Å²) in [5.41, 5.74) is 1.44. The number of piperidine rings is 1. The number of carbonyl (C=O) groups is 2. The lowest BCUT2D eigenvalue weighted by Crippen LogP contribution is -2.46. The van der Waals surface area contributed by atoms with E-state index >= 15 is 0 Å². The first-order valence-corrected chi connectivity index (χ1v) is 8.56. The molecule has 0 atom stereocenters. The number of aryl methyl sites for hydroxylation is 1. The van der Waals surface area contributed by atoms with Gasteiger partial charge in [-0.25, -0.2) is 8.78 Å². The van der Waals surface area contributed by atoms with Crippen LogP contribution in [0.2, 0.25) is 0 Å². The maximum atomic E-state index is 13.7. The molecular weight excluding hydrogens is 338 g/mol. The molecule has 3 rings (SSSR count). The summed E-state index contributed by atoms with van der Waals surface area (Å²) in [7, 11) is 0. The highest BCUT2D eigenvalue weighted by molar-refractivity contribution is 5.96. The standard InChI is InChI=1S/C20H20F2N2O2/c1-13-4-2-3-5-16(13)20(26)24-10-8-15(9-11-24)23-19(25)17-7-6-14(21)12-18(17)22/h2-7,12,15H,8-11H2,1H3,(H,23,25). The van der Waals surface area contributed by atoms with Gasteiger partial charge in [0.2, 0.25) is 0 Å². The second-order valence-electron chi connectivity index (χ2n) is 6.48. The number of carbonyl (C=O) groups excluding carboxylic acids is 2. The van der Waals surface area contributed by atoms with Crippen LogP contribution >= 0.6 is 0 Å². The molecule has 1 fully saturated rings. The van der Waals surface area contributed by atoms with Gasteiger partial charge in [-0.2, -0.15) is 0 Å². The van der Waals surface area contributed by atoms with E-state index in [9.17, 15) is 18.4 Å². The van der Waals surface area contributed by atoms with E-state index in [0.717, 1.165) is 17.7 Å². The minimum atomic E-state index is -0.880. The average Bonchev–Trinajstić information content (AvgIpc) is 2.62. The Kier molecular flexibility index (Phi) is 5.30. The Morgan fingerprint density at radius 2 is 1.73 bits per heavy atom. The molecule has 2 amide bonds. The van der Waals surface area contributed by atoms with E-state index in [4.69, 9.17) is 0 Å². The predicted molar refractivity (Wildman–Crippen MR) is 93.9 cm³/mol. The van der Waals surface area contributed by atoms with Gasteiger partial charge in [-0.3, -0.25) is 9.59 Å². The number of amides is 2. The summed E-state index contributed by atoms with van der Waals surface area (Å²) in [4.78, 5) is 26.5. The third-order valence-electron chi connectivity index (χ3n) is 4.67. The first-order chi connectivity index (χ1) is 12.5. The number of nitrogens with one attached hydrogen (secondary N) is 1. The van der Waals surface area contributed by atoms with E-state index in [1.165, 1.54) is 0 Å². The molecule has 0 unspecified atom stereocenters. The minimum Gasteiger partial charge on any atom is -0.349 e. The molecule has 4 nitrogen and oxygen atoms in total. The topological polar surface area (TPSA) is 49.4 Å². The van der Waals surface area contributed by atoms with Gasteiger partial charge >= 0.3 is 0 Å². The normalized spacial score (nSPS) is 15.0. The number of rotatable bonds is 3. The molecule has 0 radical (unpaired) electrons. The van der Waals surface area contributed by atoms with Crippen LogP contribution in [0.4, 0.5) is 8.78 Å². The van der Waals surface area contributed by atoms with E-state index < -0.39 is 17.5 Å². The summed E-state index contributed by atoms with van der Waals surface area (Å²) < 4.78 is 26.6. The van der Waals surface area contributed by atoms with Gasteiger partial charge in [0.25, 0.3) is 11.8 Å². The Hall–Kier alpha value is -2.76. The van der Waals surface area contributed by atoms with Gasteiger partial charge in [0.05, 0.1) is 5.56 Å². The third-order valence-corrected chi connectivity index (χ3v) is 4.67. The number of nitrogens with zero attached hydrogens (tertiary/aromatic N) is 1. The van der Waals surface area contributed by atoms with E-state index in [0.29, 0.717) is 37.6 Å². The molecule has 0 bridgehead atoms. The fourth-order valence-electron chi connectivity index (χ4n) is 3.15. The molecule has 2 aromatic rings. The molecule has 1 aliphatic heterocycles. The fraction of sp³-hybridized carbons (Fsp3) is 0.300. The van der Waals surface area contributed by atoms with Crippen LogP contribution < -0.4 is 5.32 Å². The monoisotopic (exact) mass is 358 g/mol. The molecule has 1 aliphatic rings. The summed E-state index contributed by atoms with van der Waals surface area (Å²) in [6.07, 6.45) is 1.18. The van der Waals surface area contributed by atoms with Gasteiger partial charge in [0.1, 0.15) is 11.6 Å². The van der Waals surface area contributed by atoms with Crippen LogP contribution in [0, 0.1) is 18.6 Å². The van der Waals surface area contributed by atoms with Crippen LogP contribution in [-0.4, -0.2) is 35.8 Å². The fourth-order valence-corrected chi connectivity index (χ4v) is 3.15. The smallest absolute Gasteiger partial charge is 0.254 e. The molecule has 0 aliphatic carbocycles. The van der Waals surface area contributed by atoms with Crippen molar-refractivity contribution in [2.75, 3.05) is 13.1 Å². The molecular formula is C20H20F2N2O2. The molecule has 26 heavy (non-hydrogen) atoms. The first kappa shape index (κ1) is 18.0. The van der Waals surface area contributed by atoms with Crippen molar-refractivity contribution in [3.05, 3.63) is 70.8 Å². The summed E-state index contributed by atoms with van der Waals surface area (Å²) in [5.74, 6) is -2.18. The van der Waals surface area contributed by atoms with Crippen molar-refractivity contribution in [1.29, 1.82) is 0 Å². The lowest BCUT2D eigenvalue weighted by atomic mass is 10.0. The molecule has 136 valence electrons. The maximum absolute atomic E-state index is 13.7. The van der Waals surface area contributed by atoms with E-state index in [2.05, 4.69) is 5.32 Å². The molecule has 0 saturated carbocycles. The highest BCUT2D eigenvalue weighted by Crippen LogP contribution is 2.17. The first-order valence-electron chi connectivity index (χ1n) is 8.56. The summed E-state index contributed by atoms with van der Waals surface area (Å²) in [5, 5.41) is 2.77. The van der Waals surface area contributed by atoms with Crippen molar-refractivity contribution in [2.45, 2.75) is 25.8 Å². The number of halogens is 2. The Morgan fingerprint density at radius 1 is 1.04 bits per heavy atom. The largest absolute Gasteiger partial charge is 0.349 e. The lowest BCUT2D eigenvalue weighted by molar-refractivity contribution is 0.0697. The van der Waals surface area contributed by atoms with Crippen molar-refractivity contribution >= 4 is 11.8 Å². The van der Waals surface area contributed by atoms with Gasteiger partial charge in [0, 0.05) is 30.8 Å². The van der Waals surface area contributed by atoms with Crippen LogP contribution in [0.15, 0.2) is 42.5 Å². The zero-order chi connectivity index (χ0) is 18.7. The van der Waals surface area contributed by atoms with Gasteiger partial charge in [-0.1, -0.05) is 18.2 Å². The van der Waals surface area contributed by atoms with Gasteiger partial charge in [0.15, 0.2) is 0 Å². The Balaban J connectivity index is 1.58. The van der Waals surface area contributed by atoms with Crippen LogP contribution in [0.1, 0.15) is 39.1 Å².